The van der Waals surface area contributed by atoms with Crippen LogP contribution in [0.3, 0.4) is 0 Å². The number of hydrogen-bond donors (Lipinski definition) is 1. The lowest BCUT2D eigenvalue weighted by Gasteiger charge is -2.24. The van der Waals surface area contributed by atoms with Crippen LogP contribution >= 0.6 is 23.6 Å². The highest BCUT2D eigenvalue weighted by Crippen LogP contribution is 2.36. The Morgan fingerprint density at radius 2 is 1.97 bits per heavy atom. The Hall–Kier alpha value is -3.43. The van der Waals surface area contributed by atoms with Crippen LogP contribution in [0.25, 0.3) is 6.08 Å². The normalized spacial score (nSPS) is 16.3. The largest absolute Gasteiger partial charge is 0.298 e. The van der Waals surface area contributed by atoms with E-state index in [0.717, 1.165) is 15.6 Å². The molecule has 2 heterocycles. The Morgan fingerprint density at radius 1 is 1.23 bits per heavy atom. The van der Waals surface area contributed by atoms with Gasteiger partial charge in [-0.05, 0) is 56.2 Å². The van der Waals surface area contributed by atoms with E-state index in [1.54, 1.807) is 18.5 Å². The van der Waals surface area contributed by atoms with Crippen molar-refractivity contribution >= 4 is 70.2 Å². The summed E-state index contributed by atoms with van der Waals surface area (Å²) in [6.45, 7) is 5.35. The maximum atomic E-state index is 12.4. The van der Waals surface area contributed by atoms with E-state index in [1.165, 1.54) is 23.3 Å². The van der Waals surface area contributed by atoms with Crippen molar-refractivity contribution in [1.29, 1.82) is 0 Å². The van der Waals surface area contributed by atoms with Gasteiger partial charge in [-0.25, -0.2) is 4.99 Å². The van der Waals surface area contributed by atoms with Gasteiger partial charge in [0.2, 0.25) is 0 Å². The standard InChI is InChI=1S/C21H19N5O2S2/c1-4-23-17(13-22-2)26(14-8-6-5-7-9-14)18-11-10-15(30-18)12-16-19(27)24-21(29)25(3)20(16)28/h4-13H,2H2,1,3H3,(H,24,27,29)/b16-12+,17-13+,23-4?. The number of aliphatic imine (C=N–C) groups is 2. The minimum atomic E-state index is -0.509. The molecule has 1 aromatic carbocycles. The van der Waals surface area contributed by atoms with Crippen LogP contribution in [0.15, 0.2) is 70.0 Å². The Labute approximate surface area is 183 Å². The fourth-order valence-electron chi connectivity index (χ4n) is 2.74. The third-order valence-corrected chi connectivity index (χ3v) is 5.53. The number of likely N-dealkylation sites (N-methyl/N-ethyl adjacent to an activating group) is 1. The molecule has 30 heavy (non-hydrogen) atoms. The van der Waals surface area contributed by atoms with Gasteiger partial charge in [-0.3, -0.25) is 29.7 Å². The van der Waals surface area contributed by atoms with Crippen molar-refractivity contribution in [2.45, 2.75) is 6.92 Å². The first-order chi connectivity index (χ1) is 14.5. The van der Waals surface area contributed by atoms with Gasteiger partial charge < -0.3 is 0 Å². The molecule has 0 bridgehead atoms. The number of thiocarbonyl (C=S) groups is 1. The molecule has 152 valence electrons. The lowest BCUT2D eigenvalue weighted by atomic mass is 10.1. The summed E-state index contributed by atoms with van der Waals surface area (Å²) in [5.41, 5.74) is 0.913. The summed E-state index contributed by atoms with van der Waals surface area (Å²) < 4.78 is 0. The van der Waals surface area contributed by atoms with Crippen molar-refractivity contribution in [3.05, 3.63) is 64.9 Å². The van der Waals surface area contributed by atoms with Crippen molar-refractivity contribution in [3.8, 4) is 0 Å². The van der Waals surface area contributed by atoms with Gasteiger partial charge in [0.1, 0.15) is 10.6 Å². The van der Waals surface area contributed by atoms with Crippen LogP contribution in [-0.2, 0) is 9.59 Å². The quantitative estimate of drug-likeness (QED) is 0.323. The summed E-state index contributed by atoms with van der Waals surface area (Å²) in [7, 11) is 1.52. The lowest BCUT2D eigenvalue weighted by Crippen LogP contribution is -2.52. The Bertz CT molecular complexity index is 1090. The topological polar surface area (TPSA) is 77.4 Å². The van der Waals surface area contributed by atoms with Crippen molar-refractivity contribution < 1.29 is 9.59 Å². The maximum absolute atomic E-state index is 12.4. The van der Waals surface area contributed by atoms with Crippen LogP contribution in [0.4, 0.5) is 10.7 Å². The fourth-order valence-corrected chi connectivity index (χ4v) is 3.90. The Morgan fingerprint density at radius 3 is 2.63 bits per heavy atom. The molecular weight excluding hydrogens is 418 g/mol. The van der Waals surface area contributed by atoms with E-state index >= 15 is 0 Å². The molecule has 2 amide bonds. The van der Waals surface area contributed by atoms with Crippen molar-refractivity contribution in [1.82, 2.24) is 10.2 Å². The number of carbonyl (C=O) groups is 2. The fraction of sp³-hybridized carbons (Fsp3) is 0.0952. The average molecular weight is 438 g/mol. The zero-order chi connectivity index (χ0) is 21.7. The van der Waals surface area contributed by atoms with Gasteiger partial charge in [0.25, 0.3) is 11.8 Å². The highest BCUT2D eigenvalue weighted by Gasteiger charge is 2.31. The molecule has 1 N–H and O–H groups in total. The first-order valence-electron chi connectivity index (χ1n) is 8.91. The van der Waals surface area contributed by atoms with E-state index in [0.29, 0.717) is 5.82 Å². The van der Waals surface area contributed by atoms with Crippen LogP contribution < -0.4 is 10.2 Å². The van der Waals surface area contributed by atoms with Crippen LogP contribution in [0.5, 0.6) is 0 Å². The molecule has 1 aromatic heterocycles. The van der Waals surface area contributed by atoms with Gasteiger partial charge >= 0.3 is 0 Å². The van der Waals surface area contributed by atoms with Gasteiger partial charge in [0, 0.05) is 23.8 Å². The van der Waals surface area contributed by atoms with E-state index in [4.69, 9.17) is 12.2 Å². The molecular formula is C21H19N5O2S2. The molecule has 2 aromatic rings. The van der Waals surface area contributed by atoms with Crippen molar-refractivity contribution in [2.24, 2.45) is 9.98 Å². The van der Waals surface area contributed by atoms with E-state index < -0.39 is 11.8 Å². The van der Waals surface area contributed by atoms with E-state index in [-0.39, 0.29) is 10.7 Å². The molecule has 0 spiro atoms. The predicted molar refractivity (Wildman–Crippen MR) is 126 cm³/mol. The van der Waals surface area contributed by atoms with Crippen molar-refractivity contribution in [3.63, 3.8) is 0 Å². The first kappa shape index (κ1) is 21.3. The Balaban J connectivity index is 2.03. The highest BCUT2D eigenvalue weighted by atomic mass is 32.1. The SMILES string of the molecule is C=N/C=C(\N=CC)N(c1ccccc1)c1ccc(/C=C2\C(=O)NC(=S)N(C)C2=O)s1. The minimum Gasteiger partial charge on any atom is -0.298 e. The van der Waals surface area contributed by atoms with Gasteiger partial charge in [0.15, 0.2) is 10.9 Å². The molecule has 1 aliphatic rings. The van der Waals surface area contributed by atoms with Gasteiger partial charge in [-0.1, -0.05) is 18.2 Å². The van der Waals surface area contributed by atoms with Crippen LogP contribution in [0, 0.1) is 0 Å². The number of benzene rings is 1. The van der Waals surface area contributed by atoms with E-state index in [2.05, 4.69) is 22.0 Å². The molecule has 0 aliphatic carbocycles. The number of carbonyl (C=O) groups excluding carboxylic acids is 2. The summed E-state index contributed by atoms with van der Waals surface area (Å²) in [5, 5.41) is 3.44. The lowest BCUT2D eigenvalue weighted by molar-refractivity contribution is -0.128. The summed E-state index contributed by atoms with van der Waals surface area (Å²) in [4.78, 5) is 36.9. The van der Waals surface area contributed by atoms with Crippen LogP contribution in [-0.4, -0.2) is 41.8 Å². The molecule has 9 heteroatoms. The smallest absolute Gasteiger partial charge is 0.265 e. The number of rotatable bonds is 6. The summed E-state index contributed by atoms with van der Waals surface area (Å²) in [5.74, 6) is -0.369. The zero-order valence-electron chi connectivity index (χ0n) is 16.4. The molecule has 1 fully saturated rings. The molecule has 0 radical (unpaired) electrons. The summed E-state index contributed by atoms with van der Waals surface area (Å²) in [6.07, 6.45) is 4.80. The molecule has 0 saturated carbocycles. The number of para-hydroxylation sites is 1. The van der Waals surface area contributed by atoms with Crippen LogP contribution in [0.2, 0.25) is 0 Å². The van der Waals surface area contributed by atoms with Gasteiger partial charge in [-0.2, -0.15) is 0 Å². The third kappa shape index (κ3) is 4.42. The van der Waals surface area contributed by atoms with Crippen LogP contribution in [0.1, 0.15) is 11.8 Å². The highest BCUT2D eigenvalue weighted by molar-refractivity contribution is 7.80. The molecule has 1 saturated heterocycles. The summed E-state index contributed by atoms with van der Waals surface area (Å²) >= 11 is 6.38. The second-order valence-electron chi connectivity index (χ2n) is 6.09. The molecule has 1 aliphatic heterocycles. The number of anilines is 2. The van der Waals surface area contributed by atoms with Gasteiger partial charge in [-0.15, -0.1) is 11.3 Å². The molecule has 3 rings (SSSR count). The second-order valence-corrected chi connectivity index (χ2v) is 7.57. The number of nitrogens with zero attached hydrogens (tertiary/aromatic N) is 4. The number of amides is 2. The molecule has 0 unspecified atom stereocenters. The van der Waals surface area contributed by atoms with E-state index in [9.17, 15) is 9.59 Å². The van der Waals surface area contributed by atoms with Gasteiger partial charge in [0.05, 0.1) is 6.20 Å². The average Bonchev–Trinajstić information content (AvgIpc) is 3.19. The Kier molecular flexibility index (Phi) is 6.65. The number of hydrogen-bond acceptors (Lipinski definition) is 7. The maximum Gasteiger partial charge on any atom is 0.265 e. The monoisotopic (exact) mass is 437 g/mol. The first-order valence-corrected chi connectivity index (χ1v) is 10.1. The summed E-state index contributed by atoms with van der Waals surface area (Å²) in [6, 6.07) is 13.4. The minimum absolute atomic E-state index is 0.0286. The second kappa shape index (κ2) is 9.38. The third-order valence-electron chi connectivity index (χ3n) is 4.14. The van der Waals surface area contributed by atoms with E-state index in [1.807, 2.05) is 54.3 Å². The number of nitrogens with one attached hydrogen (secondary N) is 1. The molecule has 0 atom stereocenters. The molecule has 7 nitrogen and oxygen atoms in total. The predicted octanol–water partition coefficient (Wildman–Crippen LogP) is 3.73. The van der Waals surface area contributed by atoms with Crippen molar-refractivity contribution in [2.75, 3.05) is 11.9 Å². The zero-order valence-corrected chi connectivity index (χ0v) is 18.0. The number of thiophene rings is 1.